The average Bonchev–Trinajstić information content (AvgIpc) is 3.35. The Balaban J connectivity index is 0.993. The molecule has 3 fully saturated rings. The lowest BCUT2D eigenvalue weighted by Gasteiger charge is -2.21. The number of ketones is 1. The van der Waals surface area contributed by atoms with Gasteiger partial charge in [-0.2, -0.15) is 4.98 Å². The number of carbonyl (C=O) groups excluding carboxylic acids is 1. The van der Waals surface area contributed by atoms with E-state index >= 15 is 0 Å². The number of fused-ring (bicyclic) bond motifs is 2. The summed E-state index contributed by atoms with van der Waals surface area (Å²) in [5.74, 6) is 1.29. The Morgan fingerprint density at radius 2 is 1.74 bits per heavy atom. The number of carbonyl (C=O) groups is 2. The van der Waals surface area contributed by atoms with Gasteiger partial charge in [0.05, 0.1) is 30.4 Å². The van der Waals surface area contributed by atoms with Crippen molar-refractivity contribution in [3.63, 3.8) is 0 Å². The number of benzene rings is 2. The van der Waals surface area contributed by atoms with Crippen molar-refractivity contribution in [2.24, 2.45) is 11.3 Å². The summed E-state index contributed by atoms with van der Waals surface area (Å²) in [5.41, 5.74) is 6.82. The van der Waals surface area contributed by atoms with Crippen LogP contribution in [0, 0.1) is 11.3 Å². The van der Waals surface area contributed by atoms with Crippen molar-refractivity contribution in [2.45, 2.75) is 70.2 Å². The van der Waals surface area contributed by atoms with Crippen molar-refractivity contribution >= 4 is 35.0 Å². The third kappa shape index (κ3) is 6.75. The molecule has 2 N–H and O–H groups in total. The number of aromatic nitrogens is 2. The summed E-state index contributed by atoms with van der Waals surface area (Å²) in [5, 5.41) is 14.2. The molecule has 0 spiro atoms. The van der Waals surface area contributed by atoms with Gasteiger partial charge in [0, 0.05) is 54.2 Å². The van der Waals surface area contributed by atoms with Crippen LogP contribution in [0.25, 0.3) is 22.4 Å². The first-order valence-electron chi connectivity index (χ1n) is 18.2. The van der Waals surface area contributed by atoms with Crippen LogP contribution in [0.5, 0.6) is 17.6 Å². The monoisotopic (exact) mass is 756 g/mol. The van der Waals surface area contributed by atoms with Crippen LogP contribution in [0.1, 0.15) is 66.9 Å². The fourth-order valence-corrected chi connectivity index (χ4v) is 9.16. The minimum atomic E-state index is -0.713. The number of carboxylic acids is 1. The predicted octanol–water partition coefficient (Wildman–Crippen LogP) is 7.71. The van der Waals surface area contributed by atoms with Gasteiger partial charge in [0.1, 0.15) is 16.9 Å². The number of halogens is 2. The topological polar surface area (TPSA) is 123 Å². The number of nitrogens with one attached hydrogen (secondary N) is 1. The molecule has 12 heteroatoms. The minimum absolute atomic E-state index is 0.0337. The number of Topliss-reactive ketones (excluding diaryl/α,β-unsaturated/α-hetero) is 1. The largest absolute Gasteiger partial charge is 0.481 e. The highest BCUT2D eigenvalue weighted by Gasteiger charge is 2.66. The van der Waals surface area contributed by atoms with Crippen LogP contribution in [-0.2, 0) is 29.1 Å². The molecule has 2 unspecified atom stereocenters. The molecule has 4 aromatic rings. The molecule has 3 aliphatic carbocycles. The van der Waals surface area contributed by atoms with Crippen LogP contribution in [0.15, 0.2) is 54.6 Å². The summed E-state index contributed by atoms with van der Waals surface area (Å²) in [7, 11) is 3.19. The molecule has 2 aromatic carbocycles. The Kier molecular flexibility index (Phi) is 9.82. The molecule has 4 aliphatic rings. The van der Waals surface area contributed by atoms with E-state index in [2.05, 4.69) is 27.3 Å². The smallest absolute Gasteiger partial charge is 0.311 e. The molecule has 4 atom stereocenters. The van der Waals surface area contributed by atoms with E-state index in [1.54, 1.807) is 14.2 Å². The van der Waals surface area contributed by atoms with Gasteiger partial charge in [-0.1, -0.05) is 65.7 Å². The first-order chi connectivity index (χ1) is 25.7. The number of nitrogens with zero attached hydrogens (tertiary/aromatic N) is 3. The van der Waals surface area contributed by atoms with Gasteiger partial charge in [0.25, 0.3) is 0 Å². The van der Waals surface area contributed by atoms with Crippen LogP contribution < -0.4 is 19.5 Å². The van der Waals surface area contributed by atoms with Gasteiger partial charge >= 0.3 is 5.97 Å². The standard InChI is InChI=1S/C41H42Cl2N4O6/c1-51-37-24(21-44-20-23-9-11-26(48)17-23)10-13-33(45-37)31-8-4-7-30(36(31)43)27-5-3-6-29-28(27)12-14-34(29)53-39-32(42)18-25(38(46-39)52-2)22-47-16-15-41(40(49)50)19-35(41)47/h3-8,10,13,18,23,34-35,44H,9,11-12,14-17,19-22H2,1-2H3,(H,49,50)/t23-,34+,35?,41?/m1/s1. The number of hydrogen-bond acceptors (Lipinski definition) is 9. The highest BCUT2D eigenvalue weighted by molar-refractivity contribution is 6.36. The van der Waals surface area contributed by atoms with Gasteiger partial charge in [0.15, 0.2) is 0 Å². The van der Waals surface area contributed by atoms with Crippen LogP contribution in [0.3, 0.4) is 0 Å². The molecule has 0 radical (unpaired) electrons. The number of aliphatic carboxylic acids is 1. The van der Waals surface area contributed by atoms with E-state index in [0.717, 1.165) is 64.8 Å². The second-order valence-corrected chi connectivity index (χ2v) is 15.5. The normalized spacial score (nSPS) is 23.2. The molecule has 0 bridgehead atoms. The van der Waals surface area contributed by atoms with Crippen molar-refractivity contribution in [3.8, 4) is 40.0 Å². The maximum Gasteiger partial charge on any atom is 0.311 e. The average molecular weight is 758 g/mol. The van der Waals surface area contributed by atoms with E-state index in [1.165, 1.54) is 0 Å². The van der Waals surface area contributed by atoms with Gasteiger partial charge in [-0.25, -0.2) is 4.98 Å². The second-order valence-electron chi connectivity index (χ2n) is 14.7. The zero-order valence-electron chi connectivity index (χ0n) is 29.8. The van der Waals surface area contributed by atoms with Crippen LogP contribution in [0.4, 0.5) is 0 Å². The zero-order valence-corrected chi connectivity index (χ0v) is 31.3. The molecule has 3 heterocycles. The first kappa shape index (κ1) is 35.8. The van der Waals surface area contributed by atoms with E-state index in [4.69, 9.17) is 42.4 Å². The van der Waals surface area contributed by atoms with E-state index in [1.807, 2.05) is 42.5 Å². The van der Waals surface area contributed by atoms with Crippen molar-refractivity contribution in [1.82, 2.24) is 20.2 Å². The quantitative estimate of drug-likeness (QED) is 0.140. The van der Waals surface area contributed by atoms with Gasteiger partial charge in [0.2, 0.25) is 17.6 Å². The number of pyridine rings is 2. The van der Waals surface area contributed by atoms with Crippen molar-refractivity contribution in [3.05, 3.63) is 86.9 Å². The molecule has 1 aliphatic heterocycles. The molecule has 0 amide bonds. The van der Waals surface area contributed by atoms with Crippen molar-refractivity contribution in [2.75, 3.05) is 27.3 Å². The maximum atomic E-state index is 11.8. The lowest BCUT2D eigenvalue weighted by atomic mass is 9.94. The van der Waals surface area contributed by atoms with E-state index in [9.17, 15) is 14.7 Å². The highest BCUT2D eigenvalue weighted by atomic mass is 35.5. The number of likely N-dealkylation sites (tertiary alicyclic amines) is 1. The molecule has 276 valence electrons. The fraction of sp³-hybridized carbons (Fsp3) is 0.415. The predicted molar refractivity (Wildman–Crippen MR) is 202 cm³/mol. The zero-order chi connectivity index (χ0) is 36.9. The Morgan fingerprint density at radius 3 is 2.47 bits per heavy atom. The molecule has 53 heavy (non-hydrogen) atoms. The van der Waals surface area contributed by atoms with Crippen LogP contribution >= 0.6 is 23.2 Å². The molecular formula is C41H42Cl2N4O6. The second kappa shape index (κ2) is 14.5. The fourth-order valence-electron chi connectivity index (χ4n) is 8.61. The maximum absolute atomic E-state index is 11.8. The van der Waals surface area contributed by atoms with Crippen molar-refractivity contribution < 1.29 is 28.9 Å². The minimum Gasteiger partial charge on any atom is -0.481 e. The number of piperidine rings is 1. The Hall–Kier alpha value is -4.22. The summed E-state index contributed by atoms with van der Waals surface area (Å²) in [6.45, 7) is 2.61. The summed E-state index contributed by atoms with van der Waals surface area (Å²) in [4.78, 5) is 35.2. The van der Waals surface area contributed by atoms with Gasteiger partial charge in [-0.05, 0) is 79.9 Å². The number of methoxy groups -OCH3 is 2. The van der Waals surface area contributed by atoms with E-state index in [0.29, 0.717) is 90.4 Å². The summed E-state index contributed by atoms with van der Waals surface area (Å²) < 4.78 is 17.9. The molecular weight excluding hydrogens is 715 g/mol. The van der Waals surface area contributed by atoms with Crippen LogP contribution in [-0.4, -0.2) is 65.1 Å². The Morgan fingerprint density at radius 1 is 0.962 bits per heavy atom. The van der Waals surface area contributed by atoms with Gasteiger partial charge in [-0.3, -0.25) is 14.5 Å². The molecule has 8 rings (SSSR count). The van der Waals surface area contributed by atoms with Gasteiger partial charge in [-0.15, -0.1) is 0 Å². The number of carboxylic acid groups (broad SMARTS) is 1. The third-order valence-electron chi connectivity index (χ3n) is 11.6. The number of hydrogen-bond donors (Lipinski definition) is 2. The van der Waals surface area contributed by atoms with Crippen molar-refractivity contribution in [1.29, 1.82) is 0 Å². The molecule has 1 saturated heterocycles. The molecule has 10 nitrogen and oxygen atoms in total. The lowest BCUT2D eigenvalue weighted by molar-refractivity contribution is -0.143. The van der Waals surface area contributed by atoms with E-state index < -0.39 is 11.4 Å². The first-order valence-corrected chi connectivity index (χ1v) is 19.0. The number of rotatable bonds is 13. The number of ether oxygens (including phenoxy) is 3. The Labute approximate surface area is 318 Å². The summed E-state index contributed by atoms with van der Waals surface area (Å²) in [6, 6.07) is 18.0. The highest BCUT2D eigenvalue weighted by Crippen LogP contribution is 2.58. The SMILES string of the molecule is COc1nc(-c2cccc(-c3cccc4c3CC[C@@H]4Oc3nc(OC)c(CN4CCC5(C(=O)O)CC45)cc3Cl)c2Cl)ccc1CNC[C@@H]1CCC(=O)C1. The summed E-state index contributed by atoms with van der Waals surface area (Å²) in [6.07, 6.45) is 4.87. The lowest BCUT2D eigenvalue weighted by Crippen LogP contribution is -2.24. The molecule has 2 saturated carbocycles. The van der Waals surface area contributed by atoms with Gasteiger partial charge < -0.3 is 24.6 Å². The Bertz CT molecular complexity index is 2090. The van der Waals surface area contributed by atoms with E-state index in [-0.39, 0.29) is 12.1 Å². The molecule has 2 aromatic heterocycles. The van der Waals surface area contributed by atoms with Crippen LogP contribution in [0.2, 0.25) is 10.0 Å². The third-order valence-corrected chi connectivity index (χ3v) is 12.2. The summed E-state index contributed by atoms with van der Waals surface area (Å²) >= 11 is 14.0.